The molecule has 0 heterocycles. The lowest BCUT2D eigenvalue weighted by atomic mass is 9.84. The van der Waals surface area contributed by atoms with Gasteiger partial charge >= 0.3 is 0 Å². The molecule has 0 aromatic rings. The summed E-state index contributed by atoms with van der Waals surface area (Å²) < 4.78 is 0. The third-order valence-electron chi connectivity index (χ3n) is 4.02. The highest BCUT2D eigenvalue weighted by molar-refractivity contribution is 7.80. The van der Waals surface area contributed by atoms with Crippen LogP contribution in [-0.2, 0) is 0 Å². The molecule has 2 N–H and O–H groups in total. The fourth-order valence-corrected chi connectivity index (χ4v) is 3.48. The van der Waals surface area contributed by atoms with E-state index in [9.17, 15) is 0 Å². The van der Waals surface area contributed by atoms with E-state index >= 15 is 0 Å². The van der Waals surface area contributed by atoms with Gasteiger partial charge in [-0.3, -0.25) is 0 Å². The van der Waals surface area contributed by atoms with Gasteiger partial charge in [0.05, 0.1) is 0 Å². The average molecular weight is 212 g/mol. The second-order valence-corrected chi connectivity index (χ2v) is 5.26. The van der Waals surface area contributed by atoms with E-state index in [1.165, 1.54) is 25.7 Å². The van der Waals surface area contributed by atoms with E-state index in [2.05, 4.69) is 17.6 Å². The molecule has 0 aliphatic heterocycles. The van der Waals surface area contributed by atoms with Gasteiger partial charge in [-0.05, 0) is 56.2 Å². The van der Waals surface area contributed by atoms with Crippen LogP contribution in [0, 0.1) is 17.8 Å². The molecule has 2 rings (SSSR count). The molecular formula is C11H20N2S. The van der Waals surface area contributed by atoms with Gasteiger partial charge in [-0.2, -0.15) is 0 Å². The fourth-order valence-electron chi connectivity index (χ4n) is 3.29. The van der Waals surface area contributed by atoms with Crippen molar-refractivity contribution in [3.63, 3.8) is 0 Å². The van der Waals surface area contributed by atoms with Crippen LogP contribution in [0.3, 0.4) is 0 Å². The largest absolute Gasteiger partial charge is 0.366 e. The normalized spacial score (nSPS) is 36.9. The lowest BCUT2D eigenvalue weighted by Gasteiger charge is -2.29. The Kier molecular flexibility index (Phi) is 2.96. The highest BCUT2D eigenvalue weighted by Crippen LogP contribution is 2.49. The van der Waals surface area contributed by atoms with Crippen molar-refractivity contribution in [2.24, 2.45) is 17.8 Å². The average Bonchev–Trinajstić information content (AvgIpc) is 2.78. The number of thiocarbonyl (C=S) groups is 1. The summed E-state index contributed by atoms with van der Waals surface area (Å²) in [6.45, 7) is 2.27. The number of fused-ring (bicyclic) bond motifs is 2. The Hall–Kier alpha value is -0.310. The molecule has 2 fully saturated rings. The third kappa shape index (κ3) is 1.88. The Morgan fingerprint density at radius 2 is 2.14 bits per heavy atom. The van der Waals surface area contributed by atoms with Gasteiger partial charge in [0, 0.05) is 13.1 Å². The maximum atomic E-state index is 5.13. The van der Waals surface area contributed by atoms with Crippen molar-refractivity contribution in [3.8, 4) is 0 Å². The predicted molar refractivity (Wildman–Crippen MR) is 63.2 cm³/mol. The lowest BCUT2D eigenvalue weighted by molar-refractivity contribution is 0.278. The molecule has 2 nitrogen and oxygen atoms in total. The highest BCUT2D eigenvalue weighted by atomic mass is 32.1. The van der Waals surface area contributed by atoms with Crippen molar-refractivity contribution in [3.05, 3.63) is 0 Å². The summed E-state index contributed by atoms with van der Waals surface area (Å²) in [5.41, 5.74) is 0. The van der Waals surface area contributed by atoms with Crippen LogP contribution in [0.4, 0.5) is 0 Å². The molecule has 0 aromatic carbocycles. The summed E-state index contributed by atoms with van der Waals surface area (Å²) in [7, 11) is 1.88. The monoisotopic (exact) mass is 212 g/mol. The second-order valence-electron chi connectivity index (χ2n) is 4.85. The van der Waals surface area contributed by atoms with E-state index in [1.807, 2.05) is 7.05 Å². The van der Waals surface area contributed by atoms with Crippen LogP contribution in [0.2, 0.25) is 0 Å². The van der Waals surface area contributed by atoms with Crippen LogP contribution < -0.4 is 10.6 Å². The van der Waals surface area contributed by atoms with Gasteiger partial charge in [-0.15, -0.1) is 0 Å². The summed E-state index contributed by atoms with van der Waals surface area (Å²) in [6, 6.07) is 0.547. The van der Waals surface area contributed by atoms with Gasteiger partial charge < -0.3 is 10.6 Å². The van der Waals surface area contributed by atoms with Crippen molar-refractivity contribution < 1.29 is 0 Å². The molecule has 2 bridgehead atoms. The Morgan fingerprint density at radius 1 is 1.36 bits per heavy atom. The Labute approximate surface area is 91.8 Å². The Bertz CT molecular complexity index is 229. The lowest BCUT2D eigenvalue weighted by Crippen LogP contribution is -2.43. The number of nitrogens with one attached hydrogen (secondary N) is 2. The molecular weight excluding hydrogens is 192 g/mol. The maximum Gasteiger partial charge on any atom is 0.166 e. The molecule has 0 aromatic heterocycles. The fraction of sp³-hybridized carbons (Fsp3) is 0.909. The second kappa shape index (κ2) is 4.05. The number of hydrogen-bond acceptors (Lipinski definition) is 1. The van der Waals surface area contributed by atoms with E-state index in [4.69, 9.17) is 12.2 Å². The van der Waals surface area contributed by atoms with E-state index in [0.29, 0.717) is 6.04 Å². The van der Waals surface area contributed by atoms with Gasteiger partial charge in [0.25, 0.3) is 0 Å². The van der Waals surface area contributed by atoms with Gasteiger partial charge in [0.1, 0.15) is 0 Å². The number of hydrogen-bond donors (Lipinski definition) is 2. The zero-order valence-electron chi connectivity index (χ0n) is 9.05. The molecule has 2 aliphatic rings. The summed E-state index contributed by atoms with van der Waals surface area (Å²) in [5, 5.41) is 7.15. The van der Waals surface area contributed by atoms with Gasteiger partial charge in [0.15, 0.2) is 5.11 Å². The summed E-state index contributed by atoms with van der Waals surface area (Å²) in [5.74, 6) is 2.86. The van der Waals surface area contributed by atoms with Gasteiger partial charge in [0.2, 0.25) is 0 Å². The Morgan fingerprint density at radius 3 is 2.64 bits per heavy atom. The third-order valence-corrected chi connectivity index (χ3v) is 4.34. The van der Waals surface area contributed by atoms with E-state index in [-0.39, 0.29) is 0 Å². The molecule has 2 saturated carbocycles. The minimum atomic E-state index is 0.547. The molecule has 80 valence electrons. The topological polar surface area (TPSA) is 24.1 Å². The predicted octanol–water partition coefficient (Wildman–Crippen LogP) is 1.90. The molecule has 14 heavy (non-hydrogen) atoms. The summed E-state index contributed by atoms with van der Waals surface area (Å²) in [6.07, 6.45) is 5.83. The molecule has 0 unspecified atom stereocenters. The van der Waals surface area contributed by atoms with Crippen LogP contribution in [0.1, 0.15) is 32.6 Å². The minimum Gasteiger partial charge on any atom is -0.366 e. The highest BCUT2D eigenvalue weighted by Gasteiger charge is 2.41. The van der Waals surface area contributed by atoms with Crippen molar-refractivity contribution >= 4 is 17.3 Å². The molecule has 0 spiro atoms. The van der Waals surface area contributed by atoms with Crippen molar-refractivity contribution in [1.29, 1.82) is 0 Å². The smallest absolute Gasteiger partial charge is 0.166 e. The number of rotatable bonds is 2. The van der Waals surface area contributed by atoms with Crippen LogP contribution in [0.5, 0.6) is 0 Å². The Balaban J connectivity index is 1.86. The first kappa shape index (κ1) is 10.2. The van der Waals surface area contributed by atoms with Crippen LogP contribution in [-0.4, -0.2) is 18.2 Å². The first-order chi connectivity index (χ1) is 6.70. The van der Waals surface area contributed by atoms with E-state index < -0.39 is 0 Å². The molecule has 0 radical (unpaired) electrons. The quantitative estimate of drug-likeness (QED) is 0.684. The van der Waals surface area contributed by atoms with Crippen LogP contribution in [0.25, 0.3) is 0 Å². The molecule has 3 heteroatoms. The van der Waals surface area contributed by atoms with Crippen molar-refractivity contribution in [2.75, 3.05) is 7.05 Å². The standard InChI is InChI=1S/C11H20N2S/c1-7(13-11(14)12-2)10-6-8-3-4-9(10)5-8/h7-10H,3-6H2,1-2H3,(H2,12,13,14)/t7-,8-,9-,10-/m0/s1. The minimum absolute atomic E-state index is 0.547. The van der Waals surface area contributed by atoms with E-state index in [1.54, 1.807) is 0 Å². The SMILES string of the molecule is CNC(=S)N[C@@H](C)[C@@H]1C[C@H]2CC[C@H]1C2. The van der Waals surface area contributed by atoms with Crippen molar-refractivity contribution in [1.82, 2.24) is 10.6 Å². The summed E-state index contributed by atoms with van der Waals surface area (Å²) >= 11 is 5.13. The molecule has 0 amide bonds. The van der Waals surface area contributed by atoms with E-state index in [0.717, 1.165) is 22.9 Å². The van der Waals surface area contributed by atoms with Gasteiger partial charge in [-0.1, -0.05) is 6.42 Å². The van der Waals surface area contributed by atoms with Crippen LogP contribution >= 0.6 is 12.2 Å². The zero-order chi connectivity index (χ0) is 10.1. The zero-order valence-corrected chi connectivity index (χ0v) is 9.86. The summed E-state index contributed by atoms with van der Waals surface area (Å²) in [4.78, 5) is 0. The maximum absolute atomic E-state index is 5.13. The molecule has 0 saturated heterocycles. The molecule has 4 atom stereocenters. The first-order valence-corrected chi connectivity index (χ1v) is 6.09. The molecule has 2 aliphatic carbocycles. The van der Waals surface area contributed by atoms with Crippen molar-refractivity contribution in [2.45, 2.75) is 38.6 Å². The van der Waals surface area contributed by atoms with Crippen LogP contribution in [0.15, 0.2) is 0 Å². The van der Waals surface area contributed by atoms with Gasteiger partial charge in [-0.25, -0.2) is 0 Å². The first-order valence-electron chi connectivity index (χ1n) is 5.69.